The Morgan fingerprint density at radius 1 is 1.05 bits per heavy atom. The SMILES string of the molecule is COc1cc2nc(S(=O)CC(=O)Nc3ccc(F)cc3)nc(Nc3c(C)cc(/C=C/C#N)cc3C)c2cc1OC. The van der Waals surface area contributed by atoms with Crippen LogP contribution in [-0.4, -0.2) is 40.1 Å². The molecule has 1 unspecified atom stereocenters. The van der Waals surface area contributed by atoms with Crippen molar-refractivity contribution in [1.29, 1.82) is 5.26 Å². The zero-order valence-electron chi connectivity index (χ0n) is 22.2. The largest absolute Gasteiger partial charge is 0.493 e. The van der Waals surface area contributed by atoms with Gasteiger partial charge in [0.05, 0.1) is 25.8 Å². The molecule has 3 aromatic carbocycles. The van der Waals surface area contributed by atoms with Gasteiger partial charge in [-0.1, -0.05) is 0 Å². The number of aromatic nitrogens is 2. The first kappa shape index (κ1) is 28.2. The third-order valence-corrected chi connectivity index (χ3v) is 7.04. The summed E-state index contributed by atoms with van der Waals surface area (Å²) in [6.07, 6.45) is 3.13. The summed E-state index contributed by atoms with van der Waals surface area (Å²) in [5.41, 5.74) is 4.24. The van der Waals surface area contributed by atoms with Crippen LogP contribution < -0.4 is 20.1 Å². The number of allylic oxidation sites excluding steroid dienone is 1. The van der Waals surface area contributed by atoms with E-state index in [1.54, 1.807) is 18.2 Å². The number of amides is 1. The summed E-state index contributed by atoms with van der Waals surface area (Å²) in [5.74, 6) is -0.140. The van der Waals surface area contributed by atoms with Crippen molar-refractivity contribution >= 4 is 50.9 Å². The van der Waals surface area contributed by atoms with Gasteiger partial charge in [0.2, 0.25) is 11.1 Å². The third kappa shape index (κ3) is 6.42. The number of carbonyl (C=O) groups is 1. The number of halogens is 1. The second-order valence-electron chi connectivity index (χ2n) is 8.74. The molecule has 0 aliphatic rings. The number of ether oxygens (including phenoxy) is 2. The molecule has 0 fully saturated rings. The lowest BCUT2D eigenvalue weighted by atomic mass is 10.0. The van der Waals surface area contributed by atoms with Crippen LogP contribution in [0.5, 0.6) is 11.5 Å². The smallest absolute Gasteiger partial charge is 0.237 e. The maximum absolute atomic E-state index is 13.3. The first-order chi connectivity index (χ1) is 19.2. The van der Waals surface area contributed by atoms with Gasteiger partial charge in [0, 0.05) is 28.9 Å². The van der Waals surface area contributed by atoms with Crippen molar-refractivity contribution in [2.24, 2.45) is 0 Å². The molecule has 2 N–H and O–H groups in total. The van der Waals surface area contributed by atoms with Gasteiger partial charge in [0.1, 0.15) is 28.2 Å². The minimum Gasteiger partial charge on any atom is -0.493 e. The van der Waals surface area contributed by atoms with Crippen LogP contribution in [0.15, 0.2) is 59.8 Å². The van der Waals surface area contributed by atoms with Gasteiger partial charge in [-0.2, -0.15) is 5.26 Å². The lowest BCUT2D eigenvalue weighted by molar-refractivity contribution is -0.113. The number of hydrogen-bond acceptors (Lipinski definition) is 8. The van der Waals surface area contributed by atoms with Gasteiger partial charge in [-0.15, -0.1) is 0 Å². The van der Waals surface area contributed by atoms with Crippen LogP contribution in [-0.2, 0) is 15.6 Å². The normalized spacial score (nSPS) is 11.7. The molecule has 1 atom stereocenters. The topological polar surface area (TPSA) is 126 Å². The van der Waals surface area contributed by atoms with E-state index in [2.05, 4.69) is 20.6 Å². The number of hydrogen-bond donors (Lipinski definition) is 2. The number of nitrogens with one attached hydrogen (secondary N) is 2. The molecule has 0 radical (unpaired) electrons. The van der Waals surface area contributed by atoms with Crippen LogP contribution >= 0.6 is 0 Å². The van der Waals surface area contributed by atoms with Crippen LogP contribution in [0, 0.1) is 31.0 Å². The molecule has 0 aliphatic carbocycles. The molecule has 1 aromatic heterocycles. The standard InChI is InChI=1S/C29H26FN5O4S/c1-17-12-19(6-5-11-31)13-18(2)27(17)34-28-22-14-24(38-3)25(39-4)15-23(22)33-29(35-28)40(37)16-26(36)32-21-9-7-20(30)8-10-21/h5-10,12-15H,16H2,1-4H3,(H,32,36)(H,33,34,35)/b6-5+. The molecule has 1 amide bonds. The number of nitrogens with zero attached hydrogens (tertiary/aromatic N) is 3. The predicted octanol–water partition coefficient (Wildman–Crippen LogP) is 5.43. The number of fused-ring (bicyclic) bond motifs is 1. The van der Waals surface area contributed by atoms with Crippen molar-refractivity contribution in [3.8, 4) is 17.6 Å². The van der Waals surface area contributed by atoms with Crippen molar-refractivity contribution in [3.63, 3.8) is 0 Å². The highest BCUT2D eigenvalue weighted by molar-refractivity contribution is 7.85. The molecular weight excluding hydrogens is 533 g/mol. The van der Waals surface area contributed by atoms with E-state index in [1.165, 1.54) is 44.6 Å². The molecular formula is C29H26FN5O4S. The summed E-state index contributed by atoms with van der Waals surface area (Å²) in [7, 11) is 1.10. The maximum Gasteiger partial charge on any atom is 0.237 e. The summed E-state index contributed by atoms with van der Waals surface area (Å²) in [6, 6.07) is 14.5. The van der Waals surface area contributed by atoms with E-state index >= 15 is 0 Å². The molecule has 9 nitrogen and oxygen atoms in total. The number of rotatable bonds is 9. The van der Waals surface area contributed by atoms with E-state index in [4.69, 9.17) is 14.7 Å². The average Bonchev–Trinajstić information content (AvgIpc) is 2.93. The Morgan fingerprint density at radius 3 is 2.33 bits per heavy atom. The Hall–Kier alpha value is -4.82. The monoisotopic (exact) mass is 559 g/mol. The third-order valence-electron chi connectivity index (χ3n) is 5.92. The number of nitriles is 1. The number of carbonyl (C=O) groups excluding carboxylic acids is 1. The molecule has 0 saturated carbocycles. The zero-order valence-corrected chi connectivity index (χ0v) is 23.1. The van der Waals surface area contributed by atoms with E-state index in [-0.39, 0.29) is 5.16 Å². The molecule has 40 heavy (non-hydrogen) atoms. The van der Waals surface area contributed by atoms with Crippen LogP contribution in [0.2, 0.25) is 0 Å². The summed E-state index contributed by atoms with van der Waals surface area (Å²) in [6.45, 7) is 3.84. The number of aryl methyl sites for hydroxylation is 2. The fourth-order valence-corrected chi connectivity index (χ4v) is 4.92. The summed E-state index contributed by atoms with van der Waals surface area (Å²) >= 11 is 0. The lowest BCUT2D eigenvalue weighted by Crippen LogP contribution is -2.20. The van der Waals surface area contributed by atoms with Crippen molar-refractivity contribution in [2.75, 3.05) is 30.6 Å². The Bertz CT molecular complexity index is 1660. The first-order valence-corrected chi connectivity index (χ1v) is 13.4. The lowest BCUT2D eigenvalue weighted by Gasteiger charge is -2.17. The molecule has 4 rings (SSSR count). The second kappa shape index (κ2) is 12.4. The molecule has 0 bridgehead atoms. The van der Waals surface area contributed by atoms with Gasteiger partial charge in [0.15, 0.2) is 11.5 Å². The number of anilines is 3. The number of benzene rings is 3. The summed E-state index contributed by atoms with van der Waals surface area (Å²) in [5, 5.41) is 15.3. The van der Waals surface area contributed by atoms with Crippen LogP contribution in [0.25, 0.3) is 17.0 Å². The van der Waals surface area contributed by atoms with Crippen molar-refractivity contribution in [1.82, 2.24) is 9.97 Å². The van der Waals surface area contributed by atoms with E-state index < -0.39 is 28.3 Å². The summed E-state index contributed by atoms with van der Waals surface area (Å²) in [4.78, 5) is 21.6. The Balaban J connectivity index is 1.73. The fourth-order valence-electron chi connectivity index (χ4n) is 4.09. The van der Waals surface area contributed by atoms with Crippen LogP contribution in [0.4, 0.5) is 21.6 Å². The van der Waals surface area contributed by atoms with E-state index in [1.807, 2.05) is 32.0 Å². The minimum absolute atomic E-state index is 0.0552. The molecule has 0 spiro atoms. The number of methoxy groups -OCH3 is 2. The van der Waals surface area contributed by atoms with E-state index in [0.29, 0.717) is 33.9 Å². The molecule has 204 valence electrons. The van der Waals surface area contributed by atoms with Crippen LogP contribution in [0.1, 0.15) is 16.7 Å². The Labute approximate surface area is 233 Å². The van der Waals surface area contributed by atoms with Crippen LogP contribution in [0.3, 0.4) is 0 Å². The molecule has 11 heteroatoms. The van der Waals surface area contributed by atoms with Gasteiger partial charge in [0.25, 0.3) is 0 Å². The molecule has 1 heterocycles. The second-order valence-corrected chi connectivity index (χ2v) is 10.1. The van der Waals surface area contributed by atoms with E-state index in [0.717, 1.165) is 22.4 Å². The first-order valence-electron chi connectivity index (χ1n) is 12.0. The highest BCUT2D eigenvalue weighted by Crippen LogP contribution is 2.36. The Kier molecular flexibility index (Phi) is 8.71. The van der Waals surface area contributed by atoms with Gasteiger partial charge < -0.3 is 20.1 Å². The zero-order chi connectivity index (χ0) is 28.8. The quantitative estimate of drug-likeness (QED) is 0.205. The van der Waals surface area contributed by atoms with Gasteiger partial charge in [-0.05, 0) is 79.1 Å². The maximum atomic E-state index is 13.3. The van der Waals surface area contributed by atoms with Gasteiger partial charge in [-0.3, -0.25) is 9.00 Å². The molecule has 0 aliphatic heterocycles. The minimum atomic E-state index is -1.91. The van der Waals surface area contributed by atoms with Gasteiger partial charge >= 0.3 is 0 Å². The van der Waals surface area contributed by atoms with E-state index in [9.17, 15) is 13.4 Å². The Morgan fingerprint density at radius 2 is 1.70 bits per heavy atom. The van der Waals surface area contributed by atoms with Gasteiger partial charge in [-0.25, -0.2) is 14.4 Å². The molecule has 0 saturated heterocycles. The van der Waals surface area contributed by atoms with Crippen molar-refractivity contribution < 1.29 is 22.9 Å². The highest BCUT2D eigenvalue weighted by Gasteiger charge is 2.20. The summed E-state index contributed by atoms with van der Waals surface area (Å²) < 4.78 is 37.3. The predicted molar refractivity (Wildman–Crippen MR) is 153 cm³/mol. The van der Waals surface area contributed by atoms with Crippen molar-refractivity contribution in [2.45, 2.75) is 19.0 Å². The van der Waals surface area contributed by atoms with Crippen molar-refractivity contribution in [3.05, 3.63) is 77.1 Å². The highest BCUT2D eigenvalue weighted by atomic mass is 32.2. The fraction of sp³-hybridized carbons (Fsp3) is 0.172. The molecule has 4 aromatic rings. The average molecular weight is 560 g/mol.